The number of benzene rings is 2. The molecule has 0 heterocycles. The zero-order valence-electron chi connectivity index (χ0n) is 12.9. The summed E-state index contributed by atoms with van der Waals surface area (Å²) in [4.78, 5) is 1.24. The zero-order valence-corrected chi connectivity index (χ0v) is 15.3. The van der Waals surface area contributed by atoms with Crippen molar-refractivity contribution < 1.29 is 13.2 Å². The number of ether oxygens (including phenoxy) is 1. The summed E-state index contributed by atoms with van der Waals surface area (Å²) in [5.74, 6) is 1.09. The maximum Gasteiger partial charge on any atom is 0.240 e. The van der Waals surface area contributed by atoms with Gasteiger partial charge in [0.2, 0.25) is 10.0 Å². The van der Waals surface area contributed by atoms with E-state index in [0.29, 0.717) is 18.0 Å². The lowest BCUT2D eigenvalue weighted by molar-refractivity contribution is 0.414. The van der Waals surface area contributed by atoms with Crippen LogP contribution in [0.4, 0.5) is 0 Å². The van der Waals surface area contributed by atoms with E-state index in [0.717, 1.165) is 4.90 Å². The molecule has 0 unspecified atom stereocenters. The molecule has 7 heteroatoms. The highest BCUT2D eigenvalue weighted by Crippen LogP contribution is 2.26. The molecule has 0 aliphatic rings. The molecule has 1 N–H and O–H groups in total. The number of nitrogens with one attached hydrogen (secondary N) is 1. The van der Waals surface area contributed by atoms with E-state index in [9.17, 15) is 8.42 Å². The number of hydrogen-bond acceptors (Lipinski definition) is 4. The topological polar surface area (TPSA) is 55.4 Å². The second kappa shape index (κ2) is 8.06. The maximum absolute atomic E-state index is 12.2. The van der Waals surface area contributed by atoms with Crippen molar-refractivity contribution in [2.24, 2.45) is 0 Å². The van der Waals surface area contributed by atoms with Gasteiger partial charge in [0.15, 0.2) is 0 Å². The van der Waals surface area contributed by atoms with E-state index < -0.39 is 10.0 Å². The van der Waals surface area contributed by atoms with E-state index in [2.05, 4.69) is 4.72 Å². The van der Waals surface area contributed by atoms with Crippen LogP contribution in [0, 0.1) is 6.92 Å². The standard InChI is InChI=1S/C16H18ClNO3S2/c1-12-3-5-13(6-4-12)22-10-9-18-23(19,20)14-7-8-16(21-2)15(17)11-14/h3-8,11,18H,9-10H2,1-2H3. The van der Waals surface area contributed by atoms with Crippen molar-refractivity contribution in [3.63, 3.8) is 0 Å². The molecule has 0 radical (unpaired) electrons. The highest BCUT2D eigenvalue weighted by Gasteiger charge is 2.15. The van der Waals surface area contributed by atoms with Gasteiger partial charge in [-0.05, 0) is 37.3 Å². The lowest BCUT2D eigenvalue weighted by atomic mass is 10.2. The molecule has 0 fully saturated rings. The Hall–Kier alpha value is -1.21. The first-order valence-electron chi connectivity index (χ1n) is 6.95. The average molecular weight is 372 g/mol. The minimum Gasteiger partial charge on any atom is -0.495 e. The van der Waals surface area contributed by atoms with Crippen molar-refractivity contribution in [2.75, 3.05) is 19.4 Å². The van der Waals surface area contributed by atoms with Crippen molar-refractivity contribution in [2.45, 2.75) is 16.7 Å². The van der Waals surface area contributed by atoms with Gasteiger partial charge in [0.1, 0.15) is 5.75 Å². The predicted molar refractivity (Wildman–Crippen MR) is 95.1 cm³/mol. The molecule has 2 aromatic rings. The van der Waals surface area contributed by atoms with E-state index >= 15 is 0 Å². The summed E-state index contributed by atoms with van der Waals surface area (Å²) >= 11 is 7.57. The van der Waals surface area contributed by atoms with Gasteiger partial charge in [-0.15, -0.1) is 11.8 Å². The molecule has 0 atom stereocenters. The quantitative estimate of drug-likeness (QED) is 0.595. The Morgan fingerprint density at radius 1 is 1.17 bits per heavy atom. The molecule has 0 aliphatic carbocycles. The Bertz CT molecular complexity index is 761. The minimum absolute atomic E-state index is 0.128. The van der Waals surface area contributed by atoms with Crippen molar-refractivity contribution >= 4 is 33.4 Å². The van der Waals surface area contributed by atoms with Crippen molar-refractivity contribution in [1.82, 2.24) is 4.72 Å². The molecule has 4 nitrogen and oxygen atoms in total. The summed E-state index contributed by atoms with van der Waals surface area (Å²) in [5.41, 5.74) is 1.20. The predicted octanol–water partition coefficient (Wildman–Crippen LogP) is 3.73. The van der Waals surface area contributed by atoms with Gasteiger partial charge in [0.05, 0.1) is 17.0 Å². The smallest absolute Gasteiger partial charge is 0.240 e. The molecule has 0 amide bonds. The number of thioether (sulfide) groups is 1. The molecule has 2 aromatic carbocycles. The van der Waals surface area contributed by atoms with Crippen LogP contribution in [0.3, 0.4) is 0 Å². The van der Waals surface area contributed by atoms with Crippen LogP contribution in [-0.2, 0) is 10.0 Å². The van der Waals surface area contributed by atoms with E-state index in [1.807, 2.05) is 31.2 Å². The van der Waals surface area contributed by atoms with Crippen LogP contribution in [0.1, 0.15) is 5.56 Å². The van der Waals surface area contributed by atoms with Crippen LogP contribution in [0.25, 0.3) is 0 Å². The molecule has 124 valence electrons. The number of aryl methyl sites for hydroxylation is 1. The van der Waals surface area contributed by atoms with Gasteiger partial charge in [0, 0.05) is 17.2 Å². The molecular formula is C16H18ClNO3S2. The van der Waals surface area contributed by atoms with Gasteiger partial charge in [-0.2, -0.15) is 0 Å². The second-order valence-electron chi connectivity index (χ2n) is 4.86. The monoisotopic (exact) mass is 371 g/mol. The lowest BCUT2D eigenvalue weighted by Gasteiger charge is -2.09. The molecule has 23 heavy (non-hydrogen) atoms. The van der Waals surface area contributed by atoms with Crippen molar-refractivity contribution in [3.05, 3.63) is 53.1 Å². The van der Waals surface area contributed by atoms with E-state index in [4.69, 9.17) is 16.3 Å². The molecule has 2 rings (SSSR count). The van der Waals surface area contributed by atoms with E-state index in [-0.39, 0.29) is 9.92 Å². The van der Waals surface area contributed by atoms with E-state index in [1.165, 1.54) is 30.9 Å². The summed E-state index contributed by atoms with van der Waals surface area (Å²) < 4.78 is 32.0. The number of halogens is 1. The molecule has 0 saturated heterocycles. The SMILES string of the molecule is COc1ccc(S(=O)(=O)NCCSc2ccc(C)cc2)cc1Cl. The van der Waals surface area contributed by atoms with Crippen LogP contribution in [0.5, 0.6) is 5.75 Å². The summed E-state index contributed by atoms with van der Waals surface area (Å²) in [6.07, 6.45) is 0. The maximum atomic E-state index is 12.2. The summed E-state index contributed by atoms with van der Waals surface area (Å²) in [5, 5.41) is 0.268. The van der Waals surface area contributed by atoms with Crippen LogP contribution >= 0.6 is 23.4 Å². The Morgan fingerprint density at radius 2 is 1.87 bits per heavy atom. The molecule has 0 spiro atoms. The third-order valence-corrected chi connectivity index (χ3v) is 5.89. The Kier molecular flexibility index (Phi) is 6.35. The Morgan fingerprint density at radius 3 is 2.48 bits per heavy atom. The zero-order chi connectivity index (χ0) is 16.9. The van der Waals surface area contributed by atoms with Crippen LogP contribution in [0.15, 0.2) is 52.3 Å². The van der Waals surface area contributed by atoms with Crippen LogP contribution in [0.2, 0.25) is 5.02 Å². The fourth-order valence-corrected chi connectivity index (χ4v) is 4.15. The van der Waals surface area contributed by atoms with Crippen molar-refractivity contribution in [1.29, 1.82) is 0 Å². The molecule has 0 saturated carbocycles. The highest BCUT2D eigenvalue weighted by atomic mass is 35.5. The van der Waals surface area contributed by atoms with Crippen LogP contribution < -0.4 is 9.46 Å². The van der Waals surface area contributed by atoms with Gasteiger partial charge in [-0.25, -0.2) is 13.1 Å². The van der Waals surface area contributed by atoms with E-state index in [1.54, 1.807) is 11.8 Å². The third kappa shape index (κ3) is 5.14. The first kappa shape index (κ1) is 18.1. The molecule has 0 aromatic heterocycles. The minimum atomic E-state index is -3.57. The average Bonchev–Trinajstić information content (AvgIpc) is 2.53. The molecule has 0 bridgehead atoms. The second-order valence-corrected chi connectivity index (χ2v) is 8.20. The highest BCUT2D eigenvalue weighted by molar-refractivity contribution is 7.99. The summed E-state index contributed by atoms with van der Waals surface area (Å²) in [6.45, 7) is 2.37. The van der Waals surface area contributed by atoms with Gasteiger partial charge in [-0.3, -0.25) is 0 Å². The third-order valence-electron chi connectivity index (χ3n) is 3.12. The normalized spacial score (nSPS) is 11.4. The fraction of sp³-hybridized carbons (Fsp3) is 0.250. The van der Waals surface area contributed by atoms with Gasteiger partial charge < -0.3 is 4.74 Å². The summed E-state index contributed by atoms with van der Waals surface area (Å²) in [6, 6.07) is 12.5. The summed E-state index contributed by atoms with van der Waals surface area (Å²) in [7, 11) is -2.09. The first-order valence-corrected chi connectivity index (χ1v) is 9.80. The molecular weight excluding hydrogens is 354 g/mol. The lowest BCUT2D eigenvalue weighted by Crippen LogP contribution is -2.26. The fourth-order valence-electron chi connectivity index (χ4n) is 1.88. The Balaban J connectivity index is 1.91. The first-order chi connectivity index (χ1) is 10.9. The van der Waals surface area contributed by atoms with Gasteiger partial charge in [-0.1, -0.05) is 29.3 Å². The number of hydrogen-bond donors (Lipinski definition) is 1. The van der Waals surface area contributed by atoms with Gasteiger partial charge >= 0.3 is 0 Å². The Labute approximate surface area is 146 Å². The number of methoxy groups -OCH3 is 1. The van der Waals surface area contributed by atoms with Crippen molar-refractivity contribution in [3.8, 4) is 5.75 Å². The van der Waals surface area contributed by atoms with Crippen LogP contribution in [-0.4, -0.2) is 27.8 Å². The largest absolute Gasteiger partial charge is 0.495 e. The number of rotatable bonds is 7. The van der Waals surface area contributed by atoms with Gasteiger partial charge in [0.25, 0.3) is 0 Å². The molecule has 0 aliphatic heterocycles. The number of sulfonamides is 1.